The van der Waals surface area contributed by atoms with E-state index in [9.17, 15) is 9.59 Å². The monoisotopic (exact) mass is 288 g/mol. The van der Waals surface area contributed by atoms with Crippen molar-refractivity contribution in [1.29, 1.82) is 0 Å². The normalized spacial score (nSPS) is 14.4. The molecule has 8 heteroatoms. The number of esters is 1. The van der Waals surface area contributed by atoms with Crippen LogP contribution in [0.1, 0.15) is 20.8 Å². The maximum Gasteiger partial charge on any atom is 0.343 e. The molecule has 1 rings (SSSR count). The molecule has 1 atom stereocenters. The van der Waals surface area contributed by atoms with Crippen molar-refractivity contribution in [2.75, 3.05) is 12.9 Å². The lowest BCUT2D eigenvalue weighted by Crippen LogP contribution is -2.54. The Labute approximate surface area is 116 Å². The highest BCUT2D eigenvalue weighted by Crippen LogP contribution is 2.21. The minimum atomic E-state index is -0.831. The molecule has 108 valence electrons. The van der Waals surface area contributed by atoms with Gasteiger partial charge in [0.05, 0.1) is 7.11 Å². The molecular weight excluding hydrogens is 268 g/mol. The number of H-pyrrole nitrogens is 1. The fourth-order valence-electron chi connectivity index (χ4n) is 1.69. The lowest BCUT2D eigenvalue weighted by molar-refractivity contribution is -0.147. The number of carbonyl (C=O) groups is 1. The molecule has 0 aliphatic carbocycles. The Kier molecular flexibility index (Phi) is 5.19. The number of nitrogens with one attached hydrogen (secondary N) is 2. The van der Waals surface area contributed by atoms with Crippen LogP contribution in [0, 0.1) is 0 Å². The average Bonchev–Trinajstić information content (AvgIpc) is 2.65. The highest BCUT2D eigenvalue weighted by atomic mass is 32.2. The molecular formula is C11H20N4O3S. The van der Waals surface area contributed by atoms with Gasteiger partial charge in [0.1, 0.15) is 5.54 Å². The topological polar surface area (TPSA) is 89.0 Å². The second-order valence-corrected chi connectivity index (χ2v) is 5.72. The van der Waals surface area contributed by atoms with Crippen LogP contribution >= 0.6 is 11.8 Å². The number of ether oxygens (including phenoxy) is 1. The molecule has 0 radical (unpaired) electrons. The SMILES string of the molecule is COC(=O)C(C)(CSc1n[nH]c(=O)n1C)NC(C)C. The van der Waals surface area contributed by atoms with Crippen LogP contribution < -0.4 is 11.0 Å². The van der Waals surface area contributed by atoms with E-state index in [1.54, 1.807) is 14.0 Å². The molecule has 0 bridgehead atoms. The zero-order valence-electron chi connectivity index (χ0n) is 11.8. The van der Waals surface area contributed by atoms with E-state index in [0.29, 0.717) is 10.9 Å². The molecule has 0 aromatic carbocycles. The largest absolute Gasteiger partial charge is 0.468 e. The molecule has 2 N–H and O–H groups in total. The zero-order valence-corrected chi connectivity index (χ0v) is 12.6. The van der Waals surface area contributed by atoms with Crippen molar-refractivity contribution in [2.45, 2.75) is 37.5 Å². The lowest BCUT2D eigenvalue weighted by Gasteiger charge is -2.29. The molecule has 1 heterocycles. The molecule has 1 unspecified atom stereocenters. The van der Waals surface area contributed by atoms with Crippen molar-refractivity contribution in [2.24, 2.45) is 7.05 Å². The van der Waals surface area contributed by atoms with Crippen molar-refractivity contribution in [1.82, 2.24) is 20.1 Å². The first-order chi connectivity index (χ1) is 8.80. The number of hydrogen-bond acceptors (Lipinski definition) is 6. The van der Waals surface area contributed by atoms with Crippen molar-refractivity contribution in [3.05, 3.63) is 10.5 Å². The van der Waals surface area contributed by atoms with Gasteiger partial charge in [0.2, 0.25) is 0 Å². The van der Waals surface area contributed by atoms with Gasteiger partial charge < -0.3 is 4.74 Å². The highest BCUT2D eigenvalue weighted by Gasteiger charge is 2.35. The van der Waals surface area contributed by atoms with Gasteiger partial charge >= 0.3 is 11.7 Å². The van der Waals surface area contributed by atoms with Gasteiger partial charge in [0, 0.05) is 18.8 Å². The van der Waals surface area contributed by atoms with Gasteiger partial charge in [-0.05, 0) is 20.8 Å². The Hall–Kier alpha value is -1.28. The molecule has 0 aliphatic rings. The summed E-state index contributed by atoms with van der Waals surface area (Å²) in [5.74, 6) is 0.0740. The molecule has 0 saturated heterocycles. The second-order valence-electron chi connectivity index (χ2n) is 4.78. The summed E-state index contributed by atoms with van der Waals surface area (Å²) in [6.45, 7) is 5.68. The van der Waals surface area contributed by atoms with Crippen LogP contribution in [0.3, 0.4) is 0 Å². The summed E-state index contributed by atoms with van der Waals surface area (Å²) in [6, 6.07) is 0.132. The summed E-state index contributed by atoms with van der Waals surface area (Å²) in [5.41, 5.74) is -1.11. The van der Waals surface area contributed by atoms with Crippen LogP contribution in [0.25, 0.3) is 0 Å². The molecule has 0 amide bonds. The number of rotatable bonds is 6. The molecule has 0 spiro atoms. The summed E-state index contributed by atoms with van der Waals surface area (Å²) >= 11 is 1.32. The molecule has 0 saturated carbocycles. The van der Waals surface area contributed by atoms with Gasteiger partial charge in [-0.1, -0.05) is 11.8 Å². The van der Waals surface area contributed by atoms with Gasteiger partial charge in [-0.2, -0.15) is 0 Å². The van der Waals surface area contributed by atoms with Gasteiger partial charge in [0.25, 0.3) is 0 Å². The number of methoxy groups -OCH3 is 1. The first-order valence-corrected chi connectivity index (χ1v) is 6.89. The van der Waals surface area contributed by atoms with E-state index in [-0.39, 0.29) is 17.7 Å². The summed E-state index contributed by atoms with van der Waals surface area (Å²) < 4.78 is 6.23. The third-order valence-corrected chi connectivity index (χ3v) is 3.92. The summed E-state index contributed by atoms with van der Waals surface area (Å²) in [5, 5.41) is 9.96. The minimum Gasteiger partial charge on any atom is -0.468 e. The van der Waals surface area contributed by atoms with Crippen LogP contribution in [-0.4, -0.2) is 45.2 Å². The summed E-state index contributed by atoms with van der Waals surface area (Å²) in [7, 11) is 2.98. The lowest BCUT2D eigenvalue weighted by atomic mass is 10.0. The standard InChI is InChI=1S/C11H20N4O3S/c1-7(2)12-11(3,8(16)18-5)6-19-10-14-13-9(17)15(10)4/h7,12H,6H2,1-5H3,(H,13,17). The fourth-order valence-corrected chi connectivity index (χ4v) is 2.70. The molecule has 0 aliphatic heterocycles. The van der Waals surface area contributed by atoms with Crippen LogP contribution in [0.15, 0.2) is 9.95 Å². The van der Waals surface area contributed by atoms with Crippen molar-refractivity contribution in [3.8, 4) is 0 Å². The smallest absolute Gasteiger partial charge is 0.343 e. The highest BCUT2D eigenvalue weighted by molar-refractivity contribution is 7.99. The Bertz CT molecular complexity index is 496. The van der Waals surface area contributed by atoms with Gasteiger partial charge in [-0.3, -0.25) is 14.7 Å². The molecule has 7 nitrogen and oxygen atoms in total. The van der Waals surface area contributed by atoms with Crippen LogP contribution in [-0.2, 0) is 16.6 Å². The van der Waals surface area contributed by atoms with E-state index < -0.39 is 5.54 Å². The molecule has 19 heavy (non-hydrogen) atoms. The predicted octanol–water partition coefficient (Wildman–Crippen LogP) is 0.130. The minimum absolute atomic E-state index is 0.132. The van der Waals surface area contributed by atoms with E-state index in [1.807, 2.05) is 13.8 Å². The Balaban J connectivity index is 2.81. The summed E-state index contributed by atoms with van der Waals surface area (Å²) in [6.07, 6.45) is 0. The number of thioether (sulfide) groups is 1. The Morgan fingerprint density at radius 3 is 2.68 bits per heavy atom. The zero-order chi connectivity index (χ0) is 14.6. The third kappa shape index (κ3) is 3.84. The predicted molar refractivity (Wildman–Crippen MR) is 73.2 cm³/mol. The van der Waals surface area contributed by atoms with E-state index in [4.69, 9.17) is 4.74 Å². The number of nitrogens with zero attached hydrogens (tertiary/aromatic N) is 2. The quantitative estimate of drug-likeness (QED) is 0.571. The average molecular weight is 288 g/mol. The number of aromatic nitrogens is 3. The Morgan fingerprint density at radius 2 is 2.26 bits per heavy atom. The number of hydrogen-bond donors (Lipinski definition) is 2. The van der Waals surface area contributed by atoms with Crippen molar-refractivity contribution >= 4 is 17.7 Å². The van der Waals surface area contributed by atoms with Gasteiger partial charge in [-0.25, -0.2) is 9.89 Å². The molecule has 1 aromatic heterocycles. The first kappa shape index (κ1) is 15.8. The van der Waals surface area contributed by atoms with Crippen LogP contribution in [0.2, 0.25) is 0 Å². The van der Waals surface area contributed by atoms with E-state index in [1.165, 1.54) is 23.4 Å². The van der Waals surface area contributed by atoms with E-state index in [0.717, 1.165) is 0 Å². The maximum atomic E-state index is 11.9. The van der Waals surface area contributed by atoms with Gasteiger partial charge in [0.15, 0.2) is 5.16 Å². The van der Waals surface area contributed by atoms with E-state index >= 15 is 0 Å². The molecule has 1 aromatic rings. The van der Waals surface area contributed by atoms with Crippen LogP contribution in [0.4, 0.5) is 0 Å². The maximum absolute atomic E-state index is 11.9. The van der Waals surface area contributed by atoms with Crippen molar-refractivity contribution < 1.29 is 9.53 Å². The number of carbonyl (C=O) groups excluding carboxylic acids is 1. The van der Waals surface area contributed by atoms with Gasteiger partial charge in [-0.15, -0.1) is 5.10 Å². The second kappa shape index (κ2) is 6.25. The third-order valence-electron chi connectivity index (χ3n) is 2.57. The Morgan fingerprint density at radius 1 is 1.63 bits per heavy atom. The van der Waals surface area contributed by atoms with E-state index in [2.05, 4.69) is 15.5 Å². The first-order valence-electron chi connectivity index (χ1n) is 5.90. The number of aromatic amines is 1. The van der Waals surface area contributed by atoms with Crippen LogP contribution in [0.5, 0.6) is 0 Å². The fraction of sp³-hybridized carbons (Fsp3) is 0.727. The molecule has 0 fully saturated rings. The van der Waals surface area contributed by atoms with Crippen molar-refractivity contribution in [3.63, 3.8) is 0 Å². The summed E-state index contributed by atoms with van der Waals surface area (Å²) in [4.78, 5) is 23.1.